The molecular formula is C11H10N8. The number of anilines is 1. The van der Waals surface area contributed by atoms with Gasteiger partial charge in [0.1, 0.15) is 5.69 Å². The molecule has 0 aliphatic heterocycles. The third-order valence-corrected chi connectivity index (χ3v) is 2.35. The van der Waals surface area contributed by atoms with E-state index in [2.05, 4.69) is 35.3 Å². The molecule has 3 aromatic rings. The van der Waals surface area contributed by atoms with Crippen LogP contribution in [0.4, 0.5) is 5.95 Å². The minimum atomic E-state index is 0.421. The summed E-state index contributed by atoms with van der Waals surface area (Å²) in [7, 11) is 1.74. The average molecular weight is 254 g/mol. The van der Waals surface area contributed by atoms with Gasteiger partial charge in [-0.2, -0.15) is 20.1 Å². The summed E-state index contributed by atoms with van der Waals surface area (Å²) in [5.74, 6) is 1.31. The summed E-state index contributed by atoms with van der Waals surface area (Å²) in [5.41, 5.74) is 0.579. The molecule has 3 aromatic heterocycles. The fourth-order valence-corrected chi connectivity index (χ4v) is 1.50. The van der Waals surface area contributed by atoms with Gasteiger partial charge in [-0.1, -0.05) is 0 Å². The fraction of sp³-hybridized carbons (Fsp3) is 0.0909. The van der Waals surface area contributed by atoms with Crippen molar-refractivity contribution >= 4 is 5.95 Å². The molecule has 0 fully saturated rings. The molecule has 0 atom stereocenters. The molecule has 0 amide bonds. The van der Waals surface area contributed by atoms with Crippen molar-refractivity contribution in [2.24, 2.45) is 0 Å². The first-order chi connectivity index (χ1) is 9.36. The van der Waals surface area contributed by atoms with Crippen molar-refractivity contribution in [1.29, 1.82) is 0 Å². The highest BCUT2D eigenvalue weighted by molar-refractivity contribution is 5.50. The molecule has 3 rings (SSSR count). The summed E-state index contributed by atoms with van der Waals surface area (Å²) in [6.45, 7) is 0. The Morgan fingerprint density at radius 2 is 2.05 bits per heavy atom. The quantitative estimate of drug-likeness (QED) is 0.729. The molecule has 0 aliphatic rings. The highest BCUT2D eigenvalue weighted by Crippen LogP contribution is 2.13. The molecule has 3 heterocycles. The smallest absolute Gasteiger partial charge is 0.255 e. The van der Waals surface area contributed by atoms with Gasteiger partial charge < -0.3 is 5.32 Å². The van der Waals surface area contributed by atoms with Crippen molar-refractivity contribution in [3.05, 3.63) is 37.1 Å². The van der Waals surface area contributed by atoms with Crippen molar-refractivity contribution in [2.45, 2.75) is 0 Å². The lowest BCUT2D eigenvalue weighted by molar-refractivity contribution is 0.798. The minimum Gasteiger partial charge on any atom is -0.357 e. The molecule has 0 radical (unpaired) electrons. The summed E-state index contributed by atoms with van der Waals surface area (Å²) >= 11 is 0. The van der Waals surface area contributed by atoms with Crippen LogP contribution in [0.25, 0.3) is 17.5 Å². The van der Waals surface area contributed by atoms with Gasteiger partial charge in [0.15, 0.2) is 5.82 Å². The van der Waals surface area contributed by atoms with Gasteiger partial charge >= 0.3 is 0 Å². The molecule has 8 heteroatoms. The Hall–Kier alpha value is -2.90. The summed E-state index contributed by atoms with van der Waals surface area (Å²) in [6, 6.07) is 1.80. The molecule has 0 aliphatic carbocycles. The first kappa shape index (κ1) is 11.2. The number of aromatic nitrogens is 7. The van der Waals surface area contributed by atoms with Gasteiger partial charge in [0.25, 0.3) is 5.95 Å². The summed E-state index contributed by atoms with van der Waals surface area (Å²) in [6.07, 6.45) is 8.20. The summed E-state index contributed by atoms with van der Waals surface area (Å²) < 4.78 is 1.56. The second kappa shape index (κ2) is 4.77. The maximum absolute atomic E-state index is 4.33. The van der Waals surface area contributed by atoms with Gasteiger partial charge in [-0.05, 0) is 6.07 Å². The summed E-state index contributed by atoms with van der Waals surface area (Å²) in [4.78, 5) is 21.0. The molecule has 19 heavy (non-hydrogen) atoms. The van der Waals surface area contributed by atoms with Crippen LogP contribution in [0, 0.1) is 0 Å². The maximum atomic E-state index is 4.33. The largest absolute Gasteiger partial charge is 0.357 e. The first-order valence-corrected chi connectivity index (χ1v) is 5.57. The van der Waals surface area contributed by atoms with E-state index in [0.29, 0.717) is 23.4 Å². The molecule has 0 saturated carbocycles. The van der Waals surface area contributed by atoms with Crippen LogP contribution in [0.5, 0.6) is 0 Å². The minimum absolute atomic E-state index is 0.421. The van der Waals surface area contributed by atoms with Crippen molar-refractivity contribution in [1.82, 2.24) is 34.7 Å². The maximum Gasteiger partial charge on any atom is 0.255 e. The molecule has 0 spiro atoms. The average Bonchev–Trinajstić information content (AvgIpc) is 3.02. The van der Waals surface area contributed by atoms with E-state index < -0.39 is 0 Å². The third kappa shape index (κ3) is 2.23. The Labute approximate surface area is 108 Å². The van der Waals surface area contributed by atoms with Gasteiger partial charge in [0.2, 0.25) is 5.95 Å². The van der Waals surface area contributed by atoms with Crippen LogP contribution in [0.1, 0.15) is 0 Å². The van der Waals surface area contributed by atoms with Crippen LogP contribution >= 0.6 is 0 Å². The van der Waals surface area contributed by atoms with E-state index in [1.807, 2.05) is 0 Å². The lowest BCUT2D eigenvalue weighted by Gasteiger charge is -2.05. The van der Waals surface area contributed by atoms with Crippen LogP contribution in [0.15, 0.2) is 37.1 Å². The second-order valence-electron chi connectivity index (χ2n) is 3.57. The number of nitrogens with one attached hydrogen (secondary N) is 1. The second-order valence-corrected chi connectivity index (χ2v) is 3.57. The van der Waals surface area contributed by atoms with Crippen LogP contribution in [-0.2, 0) is 0 Å². The highest BCUT2D eigenvalue weighted by atomic mass is 15.4. The molecule has 0 bridgehead atoms. The topological polar surface area (TPSA) is 94.3 Å². The SMILES string of the molecule is CNc1nc(-c2cnccn2)nc(-n2cccn2)n1. The fourth-order valence-electron chi connectivity index (χ4n) is 1.50. The summed E-state index contributed by atoms with van der Waals surface area (Å²) in [5, 5.41) is 6.98. The van der Waals surface area contributed by atoms with Gasteiger partial charge in [-0.15, -0.1) is 0 Å². The van der Waals surface area contributed by atoms with Crippen LogP contribution in [0.3, 0.4) is 0 Å². The van der Waals surface area contributed by atoms with Gasteiger partial charge in [-0.25, -0.2) is 9.67 Å². The molecule has 0 unspecified atom stereocenters. The molecule has 8 nitrogen and oxygen atoms in total. The predicted octanol–water partition coefficient (Wildman–Crippen LogP) is 0.556. The Kier molecular flexibility index (Phi) is 2.81. The van der Waals surface area contributed by atoms with Crippen LogP contribution in [0.2, 0.25) is 0 Å². The molecule has 94 valence electrons. The lowest BCUT2D eigenvalue weighted by Crippen LogP contribution is -2.08. The van der Waals surface area contributed by atoms with Gasteiger partial charge in [0, 0.05) is 31.8 Å². The van der Waals surface area contributed by atoms with Crippen LogP contribution in [-0.4, -0.2) is 41.7 Å². The standard InChI is InChI=1S/C11H10N8/c1-12-10-16-9(8-7-13-4-5-14-8)17-11(18-10)19-6-2-3-15-19/h2-7H,1H3,(H,12,16,17,18). The normalized spacial score (nSPS) is 10.4. The Morgan fingerprint density at radius 3 is 2.74 bits per heavy atom. The Bertz CT molecular complexity index is 664. The monoisotopic (exact) mass is 254 g/mol. The number of nitrogens with zero attached hydrogens (tertiary/aromatic N) is 7. The Balaban J connectivity index is 2.13. The molecule has 1 N–H and O–H groups in total. The molecule has 0 saturated heterocycles. The van der Waals surface area contributed by atoms with Crippen molar-refractivity contribution in [3.8, 4) is 17.5 Å². The van der Waals surface area contributed by atoms with Crippen molar-refractivity contribution in [2.75, 3.05) is 12.4 Å². The zero-order valence-electron chi connectivity index (χ0n) is 10.1. The number of hydrogen-bond donors (Lipinski definition) is 1. The Morgan fingerprint density at radius 1 is 1.11 bits per heavy atom. The predicted molar refractivity (Wildman–Crippen MR) is 67.5 cm³/mol. The first-order valence-electron chi connectivity index (χ1n) is 5.57. The zero-order valence-corrected chi connectivity index (χ0v) is 10.1. The van der Waals surface area contributed by atoms with Crippen molar-refractivity contribution in [3.63, 3.8) is 0 Å². The number of hydrogen-bond acceptors (Lipinski definition) is 7. The van der Waals surface area contributed by atoms with Crippen molar-refractivity contribution < 1.29 is 0 Å². The lowest BCUT2D eigenvalue weighted by atomic mass is 10.4. The zero-order chi connectivity index (χ0) is 13.1. The van der Waals surface area contributed by atoms with E-state index in [0.717, 1.165) is 0 Å². The van der Waals surface area contributed by atoms with Gasteiger partial charge in [-0.3, -0.25) is 4.98 Å². The highest BCUT2D eigenvalue weighted by Gasteiger charge is 2.10. The van der Waals surface area contributed by atoms with E-state index in [-0.39, 0.29) is 0 Å². The molecule has 0 aromatic carbocycles. The van der Waals surface area contributed by atoms with E-state index in [9.17, 15) is 0 Å². The van der Waals surface area contributed by atoms with Crippen LogP contribution < -0.4 is 5.32 Å². The van der Waals surface area contributed by atoms with E-state index in [1.54, 1.807) is 48.8 Å². The van der Waals surface area contributed by atoms with E-state index in [1.165, 1.54) is 0 Å². The molecular weight excluding hydrogens is 244 g/mol. The van der Waals surface area contributed by atoms with E-state index in [4.69, 9.17) is 0 Å². The van der Waals surface area contributed by atoms with Gasteiger partial charge in [0.05, 0.1) is 6.20 Å². The third-order valence-electron chi connectivity index (χ3n) is 2.35. The number of rotatable bonds is 3. The van der Waals surface area contributed by atoms with E-state index >= 15 is 0 Å².